The van der Waals surface area contributed by atoms with E-state index < -0.39 is 5.97 Å². The summed E-state index contributed by atoms with van der Waals surface area (Å²) in [5.74, 6) is -0.852. The minimum Gasteiger partial charge on any atom is -0.478 e. The van der Waals surface area contributed by atoms with E-state index in [1.807, 2.05) is 12.1 Å². The molecule has 0 aliphatic heterocycles. The molecule has 3 aromatic carbocycles. The SMILES string of the molecule is CSc1cccc(-c2ccc3nc(CC(=O)CCc4cccc(C(=O)O)c4)sc3c2)c1. The third kappa shape index (κ3) is 5.21. The third-order valence-corrected chi connectivity index (χ3v) is 6.79. The van der Waals surface area contributed by atoms with Gasteiger partial charge in [0.2, 0.25) is 0 Å². The summed E-state index contributed by atoms with van der Waals surface area (Å²) in [6.45, 7) is 0. The Morgan fingerprint density at radius 3 is 2.61 bits per heavy atom. The molecule has 0 radical (unpaired) electrons. The molecule has 4 aromatic rings. The largest absolute Gasteiger partial charge is 0.478 e. The van der Waals surface area contributed by atoms with Crippen molar-refractivity contribution in [1.82, 2.24) is 4.98 Å². The lowest BCUT2D eigenvalue weighted by Crippen LogP contribution is -2.05. The molecule has 0 amide bonds. The van der Waals surface area contributed by atoms with Crippen LogP contribution in [-0.4, -0.2) is 28.1 Å². The van der Waals surface area contributed by atoms with Crippen LogP contribution >= 0.6 is 23.1 Å². The van der Waals surface area contributed by atoms with Gasteiger partial charge < -0.3 is 5.11 Å². The number of aryl methyl sites for hydroxylation is 1. The number of rotatable bonds is 8. The highest BCUT2D eigenvalue weighted by Gasteiger charge is 2.11. The van der Waals surface area contributed by atoms with E-state index in [0.717, 1.165) is 26.4 Å². The Balaban J connectivity index is 1.44. The van der Waals surface area contributed by atoms with E-state index in [-0.39, 0.29) is 11.3 Å². The second kappa shape index (κ2) is 9.45. The molecule has 1 aromatic heterocycles. The number of nitrogens with zero attached hydrogens (tertiary/aromatic N) is 1. The molecule has 0 aliphatic carbocycles. The predicted molar refractivity (Wildman–Crippen MR) is 127 cm³/mol. The Morgan fingerprint density at radius 1 is 1.00 bits per heavy atom. The second-order valence-corrected chi connectivity index (χ2v) is 9.24. The molecule has 156 valence electrons. The highest BCUT2D eigenvalue weighted by molar-refractivity contribution is 7.98. The van der Waals surface area contributed by atoms with E-state index in [1.54, 1.807) is 41.3 Å². The van der Waals surface area contributed by atoms with Crippen molar-refractivity contribution in [2.75, 3.05) is 6.26 Å². The lowest BCUT2D eigenvalue weighted by Gasteiger charge is -2.03. The topological polar surface area (TPSA) is 67.3 Å². The lowest BCUT2D eigenvalue weighted by molar-refractivity contribution is -0.118. The maximum atomic E-state index is 12.5. The molecule has 0 atom stereocenters. The van der Waals surface area contributed by atoms with Gasteiger partial charge in [0.1, 0.15) is 10.8 Å². The zero-order chi connectivity index (χ0) is 21.8. The fraction of sp³-hybridized carbons (Fsp3) is 0.160. The van der Waals surface area contributed by atoms with Crippen molar-refractivity contribution in [2.45, 2.75) is 24.2 Å². The molecule has 0 aliphatic rings. The summed E-state index contributed by atoms with van der Waals surface area (Å²) in [5, 5.41) is 9.91. The smallest absolute Gasteiger partial charge is 0.335 e. The molecular formula is C25H21NO3S2. The van der Waals surface area contributed by atoms with Crippen molar-refractivity contribution >= 4 is 45.1 Å². The van der Waals surface area contributed by atoms with Crippen molar-refractivity contribution in [3.05, 3.63) is 82.9 Å². The first-order valence-corrected chi connectivity index (χ1v) is 11.9. The fourth-order valence-corrected chi connectivity index (χ4v) is 4.93. The average molecular weight is 448 g/mol. The van der Waals surface area contributed by atoms with Crippen LogP contribution in [0, 0.1) is 0 Å². The Kier molecular flexibility index (Phi) is 6.49. The first-order chi connectivity index (χ1) is 15.0. The standard InChI is InChI=1S/C25H21NO3S2/c1-30-21-7-3-5-17(13-21)18-9-11-22-23(14-18)31-24(26-22)15-20(27)10-8-16-4-2-6-19(12-16)25(28)29/h2-7,9,11-14H,8,10,15H2,1H3,(H,28,29). The van der Waals surface area contributed by atoms with Gasteiger partial charge in [0.05, 0.1) is 22.2 Å². The molecule has 1 N–H and O–H groups in total. The van der Waals surface area contributed by atoms with Gasteiger partial charge in [-0.2, -0.15) is 0 Å². The number of Topliss-reactive ketones (excluding diaryl/α,β-unsaturated/α-hetero) is 1. The van der Waals surface area contributed by atoms with E-state index >= 15 is 0 Å². The van der Waals surface area contributed by atoms with Gasteiger partial charge >= 0.3 is 5.97 Å². The van der Waals surface area contributed by atoms with Crippen LogP contribution < -0.4 is 0 Å². The van der Waals surface area contributed by atoms with Crippen LogP contribution in [0.1, 0.15) is 27.3 Å². The van der Waals surface area contributed by atoms with Crippen LogP contribution in [0.2, 0.25) is 0 Å². The zero-order valence-electron chi connectivity index (χ0n) is 17.0. The summed E-state index contributed by atoms with van der Waals surface area (Å²) >= 11 is 3.28. The molecule has 0 saturated carbocycles. The van der Waals surface area contributed by atoms with Crippen LogP contribution in [0.5, 0.6) is 0 Å². The number of fused-ring (bicyclic) bond motifs is 1. The Morgan fingerprint density at radius 2 is 1.81 bits per heavy atom. The van der Waals surface area contributed by atoms with Gasteiger partial charge in [-0.1, -0.05) is 30.3 Å². The van der Waals surface area contributed by atoms with Crippen molar-refractivity contribution < 1.29 is 14.7 Å². The highest BCUT2D eigenvalue weighted by atomic mass is 32.2. The molecule has 31 heavy (non-hydrogen) atoms. The van der Waals surface area contributed by atoms with Gasteiger partial charge in [0.15, 0.2) is 0 Å². The van der Waals surface area contributed by atoms with Crippen LogP contribution in [0.15, 0.2) is 71.6 Å². The minimum atomic E-state index is -0.956. The van der Waals surface area contributed by atoms with Crippen LogP contribution in [0.25, 0.3) is 21.3 Å². The molecule has 0 saturated heterocycles. The number of carboxylic acid groups (broad SMARTS) is 1. The first kappa shape index (κ1) is 21.3. The summed E-state index contributed by atoms with van der Waals surface area (Å²) in [6.07, 6.45) is 3.26. The molecule has 6 heteroatoms. The van der Waals surface area contributed by atoms with Gasteiger partial charge in [-0.15, -0.1) is 23.1 Å². The van der Waals surface area contributed by atoms with E-state index in [1.165, 1.54) is 10.5 Å². The van der Waals surface area contributed by atoms with E-state index in [9.17, 15) is 9.59 Å². The Hall–Kier alpha value is -2.96. The first-order valence-electron chi connectivity index (χ1n) is 9.89. The average Bonchev–Trinajstić information content (AvgIpc) is 3.19. The summed E-state index contributed by atoms with van der Waals surface area (Å²) in [5.41, 5.74) is 4.32. The lowest BCUT2D eigenvalue weighted by atomic mass is 10.0. The molecule has 4 nitrogen and oxygen atoms in total. The number of carboxylic acids is 1. The number of aromatic carboxylic acids is 1. The predicted octanol–water partition coefficient (Wildman–Crippen LogP) is 6.13. The Labute approximate surface area is 189 Å². The number of hydrogen-bond acceptors (Lipinski definition) is 5. The maximum Gasteiger partial charge on any atom is 0.335 e. The summed E-state index contributed by atoms with van der Waals surface area (Å²) in [4.78, 5) is 29.4. The summed E-state index contributed by atoms with van der Waals surface area (Å²) in [6, 6.07) is 21.4. The van der Waals surface area contributed by atoms with E-state index in [0.29, 0.717) is 19.3 Å². The highest BCUT2D eigenvalue weighted by Crippen LogP contribution is 2.30. The number of carbonyl (C=O) groups is 2. The molecule has 0 bridgehead atoms. The van der Waals surface area contributed by atoms with Gasteiger partial charge in [0, 0.05) is 11.3 Å². The minimum absolute atomic E-state index is 0.104. The molecule has 0 fully saturated rings. The molecule has 0 unspecified atom stereocenters. The molecule has 0 spiro atoms. The number of ketones is 1. The normalized spacial score (nSPS) is 11.0. The fourth-order valence-electron chi connectivity index (χ4n) is 3.43. The van der Waals surface area contributed by atoms with Crippen LogP contribution in [0.4, 0.5) is 0 Å². The molecular weight excluding hydrogens is 426 g/mol. The second-order valence-electron chi connectivity index (χ2n) is 7.24. The summed E-state index contributed by atoms with van der Waals surface area (Å²) in [7, 11) is 0. The number of carbonyl (C=O) groups excluding carboxylic acids is 1. The van der Waals surface area contributed by atoms with E-state index in [2.05, 4.69) is 47.6 Å². The van der Waals surface area contributed by atoms with Gasteiger partial charge in [-0.25, -0.2) is 9.78 Å². The van der Waals surface area contributed by atoms with Crippen molar-refractivity contribution in [1.29, 1.82) is 0 Å². The van der Waals surface area contributed by atoms with Crippen molar-refractivity contribution in [3.8, 4) is 11.1 Å². The van der Waals surface area contributed by atoms with Gasteiger partial charge in [-0.05, 0) is 65.8 Å². The molecule has 1 heterocycles. The van der Waals surface area contributed by atoms with Gasteiger partial charge in [-0.3, -0.25) is 4.79 Å². The van der Waals surface area contributed by atoms with Crippen LogP contribution in [-0.2, 0) is 17.6 Å². The number of thiazole rings is 1. The zero-order valence-corrected chi connectivity index (χ0v) is 18.6. The maximum absolute atomic E-state index is 12.5. The van der Waals surface area contributed by atoms with Gasteiger partial charge in [0.25, 0.3) is 0 Å². The van der Waals surface area contributed by atoms with Crippen molar-refractivity contribution in [2.24, 2.45) is 0 Å². The number of hydrogen-bond donors (Lipinski definition) is 1. The summed E-state index contributed by atoms with van der Waals surface area (Å²) < 4.78 is 1.07. The number of aromatic nitrogens is 1. The van der Waals surface area contributed by atoms with Crippen LogP contribution in [0.3, 0.4) is 0 Å². The van der Waals surface area contributed by atoms with Crippen molar-refractivity contribution in [3.63, 3.8) is 0 Å². The number of thioether (sulfide) groups is 1. The number of benzene rings is 3. The molecule has 4 rings (SSSR count). The van der Waals surface area contributed by atoms with E-state index in [4.69, 9.17) is 5.11 Å². The monoisotopic (exact) mass is 447 g/mol. The quantitative estimate of drug-likeness (QED) is 0.329. The Bertz CT molecular complexity index is 1260. The third-order valence-electron chi connectivity index (χ3n) is 5.05.